The van der Waals surface area contributed by atoms with E-state index in [4.69, 9.17) is 0 Å². The van der Waals surface area contributed by atoms with Gasteiger partial charge in [0.15, 0.2) is 5.78 Å². The summed E-state index contributed by atoms with van der Waals surface area (Å²) in [4.78, 5) is 30.6. The maximum atomic E-state index is 13.7. The zero-order valence-electron chi connectivity index (χ0n) is 16.9. The molecule has 32 heavy (non-hydrogen) atoms. The van der Waals surface area contributed by atoms with E-state index in [9.17, 15) is 18.4 Å². The van der Waals surface area contributed by atoms with E-state index in [2.05, 4.69) is 4.98 Å². The summed E-state index contributed by atoms with van der Waals surface area (Å²) in [6.07, 6.45) is 0.422. The van der Waals surface area contributed by atoms with Crippen molar-refractivity contribution in [1.82, 2.24) is 9.88 Å². The second kappa shape index (κ2) is 6.85. The van der Waals surface area contributed by atoms with Crippen molar-refractivity contribution in [3.8, 4) is 11.1 Å². The molecule has 0 spiro atoms. The van der Waals surface area contributed by atoms with E-state index in [-0.39, 0.29) is 18.1 Å². The largest absolute Gasteiger partial charge is 0.356 e. The van der Waals surface area contributed by atoms with Crippen LogP contribution in [-0.2, 0) is 16.0 Å². The molecule has 0 aliphatic carbocycles. The lowest BCUT2D eigenvalue weighted by Gasteiger charge is -2.37. The van der Waals surface area contributed by atoms with Gasteiger partial charge in [0.2, 0.25) is 5.91 Å². The van der Waals surface area contributed by atoms with Gasteiger partial charge in [0.1, 0.15) is 11.6 Å². The SMILES string of the molecule is O=C1CC(=O)N2[C@H](c3ccc(-c4cc(F)cc(F)c4)cc3)c3[nH]c4ccccc4c3C[C@@H]12. The number of carbonyl (C=O) groups excluding carboxylic acids is 2. The van der Waals surface area contributed by atoms with Crippen molar-refractivity contribution >= 4 is 22.6 Å². The van der Waals surface area contributed by atoms with Crippen LogP contribution < -0.4 is 0 Å². The Morgan fingerprint density at radius 1 is 0.875 bits per heavy atom. The minimum Gasteiger partial charge on any atom is -0.356 e. The number of halogens is 2. The summed E-state index contributed by atoms with van der Waals surface area (Å²) in [7, 11) is 0. The number of carbonyl (C=O) groups is 2. The van der Waals surface area contributed by atoms with Gasteiger partial charge in [-0.2, -0.15) is 0 Å². The minimum atomic E-state index is -0.636. The molecule has 3 aromatic carbocycles. The van der Waals surface area contributed by atoms with Crippen molar-refractivity contribution in [3.05, 3.63) is 95.2 Å². The van der Waals surface area contributed by atoms with Crippen molar-refractivity contribution in [2.45, 2.75) is 24.9 Å². The summed E-state index contributed by atoms with van der Waals surface area (Å²) in [5.74, 6) is -1.50. The molecule has 158 valence electrons. The number of ketones is 1. The predicted octanol–water partition coefficient (Wildman–Crippen LogP) is 4.93. The summed E-state index contributed by atoms with van der Waals surface area (Å²) in [5, 5.41) is 1.06. The van der Waals surface area contributed by atoms with Crippen molar-refractivity contribution in [2.75, 3.05) is 0 Å². The molecule has 1 fully saturated rings. The maximum Gasteiger partial charge on any atom is 0.231 e. The molecule has 3 heterocycles. The van der Waals surface area contributed by atoms with Crippen LogP contribution in [0.3, 0.4) is 0 Å². The number of fused-ring (bicyclic) bond motifs is 4. The average molecular weight is 428 g/mol. The van der Waals surface area contributed by atoms with E-state index in [1.165, 1.54) is 12.1 Å². The van der Waals surface area contributed by atoms with E-state index in [1.807, 2.05) is 36.4 Å². The second-order valence-corrected chi connectivity index (χ2v) is 8.41. The predicted molar refractivity (Wildman–Crippen MR) is 116 cm³/mol. The number of nitrogens with zero attached hydrogens (tertiary/aromatic N) is 1. The molecule has 6 heteroatoms. The van der Waals surface area contributed by atoms with Crippen LogP contribution in [0.4, 0.5) is 8.78 Å². The molecule has 4 aromatic rings. The molecule has 0 unspecified atom stereocenters. The normalized spacial score (nSPS) is 20.0. The van der Waals surface area contributed by atoms with Gasteiger partial charge in [-0.3, -0.25) is 9.59 Å². The van der Waals surface area contributed by atoms with E-state index in [1.54, 1.807) is 17.0 Å². The van der Waals surface area contributed by atoms with Gasteiger partial charge in [-0.25, -0.2) is 8.78 Å². The monoisotopic (exact) mass is 428 g/mol. The van der Waals surface area contributed by atoms with Crippen LogP contribution in [0.25, 0.3) is 22.0 Å². The Kier molecular flexibility index (Phi) is 4.05. The van der Waals surface area contributed by atoms with E-state index in [0.29, 0.717) is 17.5 Å². The highest BCUT2D eigenvalue weighted by molar-refractivity contribution is 6.08. The molecule has 1 N–H and O–H groups in total. The molecule has 1 saturated heterocycles. The zero-order valence-corrected chi connectivity index (χ0v) is 16.9. The lowest BCUT2D eigenvalue weighted by Crippen LogP contribution is -2.44. The van der Waals surface area contributed by atoms with Gasteiger partial charge in [0.05, 0.1) is 18.5 Å². The Balaban J connectivity index is 1.49. The number of rotatable bonds is 2. The fraction of sp³-hybridized carbons (Fsp3) is 0.154. The highest BCUT2D eigenvalue weighted by atomic mass is 19.1. The number of hydrogen-bond acceptors (Lipinski definition) is 2. The van der Waals surface area contributed by atoms with Gasteiger partial charge in [-0.15, -0.1) is 0 Å². The van der Waals surface area contributed by atoms with Crippen LogP contribution in [0.15, 0.2) is 66.7 Å². The lowest BCUT2D eigenvalue weighted by molar-refractivity contribution is -0.131. The molecule has 4 nitrogen and oxygen atoms in total. The number of Topliss-reactive ketones (excluding diaryl/α,β-unsaturated/α-hetero) is 1. The molecule has 0 saturated carbocycles. The number of para-hydroxylation sites is 1. The third-order valence-electron chi connectivity index (χ3n) is 6.54. The molecule has 0 radical (unpaired) electrons. The fourth-order valence-corrected chi connectivity index (χ4v) is 5.14. The number of nitrogens with one attached hydrogen (secondary N) is 1. The van der Waals surface area contributed by atoms with Crippen LogP contribution in [0.1, 0.15) is 29.3 Å². The van der Waals surface area contributed by atoms with Crippen molar-refractivity contribution in [2.24, 2.45) is 0 Å². The number of benzene rings is 3. The number of aromatic amines is 1. The summed E-state index contributed by atoms with van der Waals surface area (Å²) >= 11 is 0. The van der Waals surface area contributed by atoms with Crippen molar-refractivity contribution in [1.29, 1.82) is 0 Å². The Bertz CT molecular complexity index is 1390. The summed E-state index contributed by atoms with van der Waals surface area (Å²) < 4.78 is 27.3. The third kappa shape index (κ3) is 2.79. The van der Waals surface area contributed by atoms with Gasteiger partial charge < -0.3 is 9.88 Å². The lowest BCUT2D eigenvalue weighted by atomic mass is 9.88. The van der Waals surface area contributed by atoms with Crippen LogP contribution in [-0.4, -0.2) is 27.6 Å². The Labute approximate surface area is 182 Å². The first kappa shape index (κ1) is 18.9. The first-order valence-electron chi connectivity index (χ1n) is 10.5. The van der Waals surface area contributed by atoms with E-state index in [0.717, 1.165) is 33.8 Å². The second-order valence-electron chi connectivity index (χ2n) is 8.41. The first-order chi connectivity index (χ1) is 15.5. The summed E-state index contributed by atoms with van der Waals surface area (Å²) in [5.41, 5.74) is 4.89. The van der Waals surface area contributed by atoms with Gasteiger partial charge in [-0.05, 0) is 40.5 Å². The fourth-order valence-electron chi connectivity index (χ4n) is 5.14. The van der Waals surface area contributed by atoms with Crippen molar-refractivity contribution < 1.29 is 18.4 Å². The smallest absolute Gasteiger partial charge is 0.231 e. The number of H-pyrrole nitrogens is 1. The van der Waals surface area contributed by atoms with E-state index < -0.39 is 23.7 Å². The van der Waals surface area contributed by atoms with Crippen LogP contribution in [0, 0.1) is 11.6 Å². The summed E-state index contributed by atoms with van der Waals surface area (Å²) in [6, 6.07) is 17.7. The maximum absolute atomic E-state index is 13.7. The minimum absolute atomic E-state index is 0.0530. The molecule has 1 aromatic heterocycles. The van der Waals surface area contributed by atoms with Crippen LogP contribution >= 0.6 is 0 Å². The summed E-state index contributed by atoms with van der Waals surface area (Å²) in [6.45, 7) is 0. The van der Waals surface area contributed by atoms with Gasteiger partial charge in [0, 0.05) is 29.1 Å². The zero-order chi connectivity index (χ0) is 22.0. The first-order valence-corrected chi connectivity index (χ1v) is 10.5. The molecule has 2 aliphatic heterocycles. The van der Waals surface area contributed by atoms with Crippen LogP contribution in [0.2, 0.25) is 0 Å². The van der Waals surface area contributed by atoms with Crippen LogP contribution in [0.5, 0.6) is 0 Å². The molecule has 2 atom stereocenters. The van der Waals surface area contributed by atoms with Gasteiger partial charge >= 0.3 is 0 Å². The number of hydrogen-bond donors (Lipinski definition) is 1. The Hall–Kier alpha value is -3.80. The molecule has 1 amide bonds. The van der Waals surface area contributed by atoms with Crippen molar-refractivity contribution in [3.63, 3.8) is 0 Å². The van der Waals surface area contributed by atoms with Gasteiger partial charge in [0.25, 0.3) is 0 Å². The molecule has 6 rings (SSSR count). The molecular formula is C26H18F2N2O2. The van der Waals surface area contributed by atoms with E-state index >= 15 is 0 Å². The Morgan fingerprint density at radius 2 is 1.59 bits per heavy atom. The number of aromatic nitrogens is 1. The Morgan fingerprint density at radius 3 is 2.34 bits per heavy atom. The van der Waals surface area contributed by atoms with Gasteiger partial charge in [-0.1, -0.05) is 42.5 Å². The highest BCUT2D eigenvalue weighted by Gasteiger charge is 2.48. The third-order valence-corrected chi connectivity index (χ3v) is 6.54. The quantitative estimate of drug-likeness (QED) is 0.461. The average Bonchev–Trinajstić information content (AvgIpc) is 3.29. The highest BCUT2D eigenvalue weighted by Crippen LogP contribution is 2.43. The molecular weight excluding hydrogens is 410 g/mol. The molecule has 0 bridgehead atoms. The number of amides is 1. The molecule has 2 aliphatic rings. The standard InChI is InChI=1S/C26H18F2N2O2/c27-17-9-16(10-18(28)11-17)14-5-7-15(8-6-14)26-25-20(19-3-1-2-4-21(19)29-25)12-22-23(31)13-24(32)30(22)26/h1-11,22,26,29H,12-13H2/t22-,26+/m0/s1. The topological polar surface area (TPSA) is 53.2 Å².